The first-order valence-corrected chi connectivity index (χ1v) is 6.63. The number of aliphatic carboxylic acids is 1. The van der Waals surface area contributed by atoms with E-state index in [0.717, 1.165) is 10.9 Å². The molecule has 5 heteroatoms. The Hall–Kier alpha value is -2.19. The Morgan fingerprint density at radius 3 is 3.05 bits per heavy atom. The van der Waals surface area contributed by atoms with Gasteiger partial charge in [-0.15, -0.1) is 18.2 Å². The summed E-state index contributed by atoms with van der Waals surface area (Å²) in [5.41, 5.74) is 1.55. The minimum Gasteiger partial charge on any atom is -0.483 e. The van der Waals surface area contributed by atoms with Gasteiger partial charge in [-0.25, -0.2) is 0 Å². The highest BCUT2D eigenvalue weighted by molar-refractivity contribution is 7.99. The van der Waals surface area contributed by atoms with E-state index in [9.17, 15) is 4.79 Å². The van der Waals surface area contributed by atoms with Gasteiger partial charge in [0.25, 0.3) is 0 Å². The third-order valence-corrected chi connectivity index (χ3v) is 3.09. The summed E-state index contributed by atoms with van der Waals surface area (Å²) < 4.78 is 5.46. The van der Waals surface area contributed by atoms with Crippen molar-refractivity contribution in [3.8, 4) is 18.1 Å². The van der Waals surface area contributed by atoms with Crippen molar-refractivity contribution >= 4 is 28.6 Å². The Bertz CT molecular complexity index is 649. The monoisotopic (exact) mass is 273 g/mol. The third-order valence-electron chi connectivity index (χ3n) is 2.35. The number of aromatic nitrogens is 1. The second-order valence-electron chi connectivity index (χ2n) is 3.73. The molecule has 0 amide bonds. The average molecular weight is 273 g/mol. The van der Waals surface area contributed by atoms with Crippen molar-refractivity contribution in [3.63, 3.8) is 0 Å². The number of nitrogens with zero attached hydrogens (tertiary/aromatic N) is 1. The molecule has 4 nitrogen and oxygen atoms in total. The Kier molecular flexibility index (Phi) is 4.26. The highest BCUT2D eigenvalue weighted by atomic mass is 32.2. The molecule has 2 rings (SSSR count). The van der Waals surface area contributed by atoms with Gasteiger partial charge in [-0.05, 0) is 24.3 Å². The van der Waals surface area contributed by atoms with E-state index in [1.165, 1.54) is 11.8 Å². The Morgan fingerprint density at radius 2 is 2.32 bits per heavy atom. The van der Waals surface area contributed by atoms with Gasteiger partial charge >= 0.3 is 5.97 Å². The molecule has 0 unspecified atom stereocenters. The van der Waals surface area contributed by atoms with Crippen LogP contribution < -0.4 is 4.74 Å². The van der Waals surface area contributed by atoms with Gasteiger partial charge in [0.1, 0.15) is 11.7 Å². The number of terminal acetylenes is 1. The lowest BCUT2D eigenvalue weighted by atomic mass is 10.1. The maximum absolute atomic E-state index is 10.4. The number of hydrogen-bond acceptors (Lipinski definition) is 4. The van der Waals surface area contributed by atoms with Crippen LogP contribution in [0.1, 0.15) is 5.56 Å². The molecule has 1 aromatic carbocycles. The van der Waals surface area contributed by atoms with Crippen molar-refractivity contribution in [3.05, 3.63) is 36.0 Å². The predicted molar refractivity (Wildman–Crippen MR) is 75.3 cm³/mol. The van der Waals surface area contributed by atoms with Crippen LogP contribution in [0.25, 0.3) is 10.9 Å². The standard InChI is InChI=1S/C14H11NO3S/c1-2-10-5-11-6-12(3-4-13(11)15-7-10)18-9-19-8-14(16)17/h1,3-7H,8-9H2,(H,16,17). The van der Waals surface area contributed by atoms with Gasteiger partial charge in [0.05, 0.1) is 11.3 Å². The number of fused-ring (bicyclic) bond motifs is 1. The molecule has 2 aromatic rings. The van der Waals surface area contributed by atoms with Crippen molar-refractivity contribution in [2.75, 3.05) is 11.7 Å². The van der Waals surface area contributed by atoms with E-state index in [-0.39, 0.29) is 5.75 Å². The molecular formula is C14H11NO3S. The van der Waals surface area contributed by atoms with Gasteiger partial charge in [0.15, 0.2) is 0 Å². The summed E-state index contributed by atoms with van der Waals surface area (Å²) in [6.45, 7) is 0. The summed E-state index contributed by atoms with van der Waals surface area (Å²) in [7, 11) is 0. The first kappa shape index (κ1) is 13.2. The minimum atomic E-state index is -0.852. The fourth-order valence-electron chi connectivity index (χ4n) is 1.52. The van der Waals surface area contributed by atoms with Crippen LogP contribution in [0.2, 0.25) is 0 Å². The maximum atomic E-state index is 10.4. The van der Waals surface area contributed by atoms with E-state index in [0.29, 0.717) is 17.3 Å². The third kappa shape index (κ3) is 3.63. The van der Waals surface area contributed by atoms with Crippen LogP contribution in [-0.4, -0.2) is 27.8 Å². The van der Waals surface area contributed by atoms with Crippen molar-refractivity contribution in [1.82, 2.24) is 4.98 Å². The zero-order valence-corrected chi connectivity index (χ0v) is 10.8. The fourth-order valence-corrected chi connectivity index (χ4v) is 1.99. The highest BCUT2D eigenvalue weighted by Gasteiger charge is 2.01. The van der Waals surface area contributed by atoms with Crippen LogP contribution >= 0.6 is 11.8 Å². The summed E-state index contributed by atoms with van der Waals surface area (Å²) in [6, 6.07) is 7.34. The Morgan fingerprint density at radius 1 is 1.47 bits per heavy atom. The van der Waals surface area contributed by atoms with Crippen LogP contribution in [0.4, 0.5) is 0 Å². The summed E-state index contributed by atoms with van der Waals surface area (Å²) in [5.74, 6) is 2.66. The van der Waals surface area contributed by atoms with Crippen molar-refractivity contribution in [2.45, 2.75) is 0 Å². The molecule has 1 N–H and O–H groups in total. The SMILES string of the molecule is C#Cc1cnc2ccc(OCSCC(=O)O)cc2c1. The normalized spacial score (nSPS) is 10.1. The fraction of sp³-hybridized carbons (Fsp3) is 0.143. The topological polar surface area (TPSA) is 59.4 Å². The summed E-state index contributed by atoms with van der Waals surface area (Å²) in [6.07, 6.45) is 6.97. The quantitative estimate of drug-likeness (QED) is 0.515. The lowest BCUT2D eigenvalue weighted by Gasteiger charge is -2.06. The second kappa shape index (κ2) is 6.12. The van der Waals surface area contributed by atoms with E-state index in [1.54, 1.807) is 12.3 Å². The van der Waals surface area contributed by atoms with Crippen LogP contribution in [0.5, 0.6) is 5.75 Å². The van der Waals surface area contributed by atoms with Gasteiger partial charge in [0, 0.05) is 17.1 Å². The average Bonchev–Trinajstić information content (AvgIpc) is 2.42. The number of pyridine rings is 1. The number of benzene rings is 1. The molecular weight excluding hydrogens is 262 g/mol. The minimum absolute atomic E-state index is 0.0242. The van der Waals surface area contributed by atoms with E-state index in [2.05, 4.69) is 10.9 Å². The molecule has 0 atom stereocenters. The first-order valence-electron chi connectivity index (χ1n) is 5.48. The zero-order chi connectivity index (χ0) is 13.7. The van der Waals surface area contributed by atoms with E-state index >= 15 is 0 Å². The molecule has 0 aliphatic carbocycles. The number of carboxylic acid groups (broad SMARTS) is 1. The Balaban J connectivity index is 2.08. The smallest absolute Gasteiger partial charge is 0.313 e. The molecule has 19 heavy (non-hydrogen) atoms. The highest BCUT2D eigenvalue weighted by Crippen LogP contribution is 2.21. The molecule has 0 saturated carbocycles. The van der Waals surface area contributed by atoms with E-state index < -0.39 is 5.97 Å². The number of thioether (sulfide) groups is 1. The molecule has 0 radical (unpaired) electrons. The van der Waals surface area contributed by atoms with E-state index in [1.807, 2.05) is 18.2 Å². The zero-order valence-electron chi connectivity index (χ0n) is 10.00. The molecule has 0 fully saturated rings. The second-order valence-corrected chi connectivity index (χ2v) is 4.66. The molecule has 96 valence electrons. The predicted octanol–water partition coefficient (Wildman–Crippen LogP) is 2.37. The first-order chi connectivity index (χ1) is 9.19. The summed E-state index contributed by atoms with van der Waals surface area (Å²) >= 11 is 1.20. The number of hydrogen-bond donors (Lipinski definition) is 1. The number of carboxylic acids is 1. The van der Waals surface area contributed by atoms with Crippen LogP contribution in [-0.2, 0) is 4.79 Å². The molecule has 1 aromatic heterocycles. The van der Waals surface area contributed by atoms with Gasteiger partial charge in [0.2, 0.25) is 0 Å². The van der Waals surface area contributed by atoms with Crippen LogP contribution in [0.3, 0.4) is 0 Å². The molecule has 0 aliphatic rings. The van der Waals surface area contributed by atoms with Crippen molar-refractivity contribution in [2.24, 2.45) is 0 Å². The van der Waals surface area contributed by atoms with Crippen LogP contribution in [0.15, 0.2) is 30.5 Å². The van der Waals surface area contributed by atoms with E-state index in [4.69, 9.17) is 16.3 Å². The maximum Gasteiger partial charge on any atom is 0.313 e. The van der Waals surface area contributed by atoms with Gasteiger partial charge < -0.3 is 9.84 Å². The van der Waals surface area contributed by atoms with Gasteiger partial charge in [-0.3, -0.25) is 9.78 Å². The van der Waals surface area contributed by atoms with Crippen LogP contribution in [0, 0.1) is 12.3 Å². The molecule has 0 saturated heterocycles. The molecule has 0 spiro atoms. The lowest BCUT2D eigenvalue weighted by molar-refractivity contribution is -0.133. The summed E-state index contributed by atoms with van der Waals surface area (Å²) in [5, 5.41) is 9.41. The Labute approximate surface area is 114 Å². The van der Waals surface area contributed by atoms with Crippen molar-refractivity contribution < 1.29 is 14.6 Å². The number of carbonyl (C=O) groups is 1. The number of ether oxygens (including phenoxy) is 1. The largest absolute Gasteiger partial charge is 0.483 e. The van der Waals surface area contributed by atoms with Crippen molar-refractivity contribution in [1.29, 1.82) is 0 Å². The summed E-state index contributed by atoms with van der Waals surface area (Å²) in [4.78, 5) is 14.6. The molecule has 0 aliphatic heterocycles. The lowest BCUT2D eigenvalue weighted by Crippen LogP contribution is -2.01. The van der Waals surface area contributed by atoms with Gasteiger partial charge in [-0.2, -0.15) is 0 Å². The molecule has 0 bridgehead atoms. The number of rotatable bonds is 5. The molecule has 1 heterocycles. The van der Waals surface area contributed by atoms with Gasteiger partial charge in [-0.1, -0.05) is 5.92 Å².